The van der Waals surface area contributed by atoms with Crippen molar-refractivity contribution in [2.75, 3.05) is 25.9 Å². The number of carbonyl (C=O) groups is 1. The van der Waals surface area contributed by atoms with E-state index in [-0.39, 0.29) is 30.0 Å². The first-order valence-electron chi connectivity index (χ1n) is 7.40. The number of nitrogens with zero attached hydrogens (tertiary/aromatic N) is 1. The van der Waals surface area contributed by atoms with Crippen LogP contribution in [0.4, 0.5) is 0 Å². The predicted molar refractivity (Wildman–Crippen MR) is 91.9 cm³/mol. The Bertz CT molecular complexity index is 703. The molecule has 1 atom stereocenters. The van der Waals surface area contributed by atoms with Crippen LogP contribution in [0.15, 0.2) is 23.1 Å². The highest BCUT2D eigenvalue weighted by Gasteiger charge is 2.40. The quantitative estimate of drug-likeness (QED) is 0.854. The number of nitrogens with one attached hydrogen (secondary N) is 1. The lowest BCUT2D eigenvalue weighted by Crippen LogP contribution is -2.41. The van der Waals surface area contributed by atoms with Gasteiger partial charge in [-0.1, -0.05) is 11.6 Å². The van der Waals surface area contributed by atoms with E-state index >= 15 is 0 Å². The fraction of sp³-hybridized carbons (Fsp3) is 0.533. The smallest absolute Gasteiger partial charge is 0.226 e. The molecule has 3 rings (SSSR count). The second kappa shape index (κ2) is 6.97. The first-order chi connectivity index (χ1) is 10.4. The number of fused-ring (bicyclic) bond motifs is 1. The number of amides is 1. The van der Waals surface area contributed by atoms with E-state index in [1.807, 2.05) is 0 Å². The Morgan fingerprint density at radius 3 is 2.61 bits per heavy atom. The third-order valence-electron chi connectivity index (χ3n) is 4.55. The maximum absolute atomic E-state index is 12.7. The van der Waals surface area contributed by atoms with Gasteiger partial charge in [-0.3, -0.25) is 4.79 Å². The number of rotatable bonds is 2. The van der Waals surface area contributed by atoms with Crippen molar-refractivity contribution < 1.29 is 13.2 Å². The van der Waals surface area contributed by atoms with Gasteiger partial charge in [0.05, 0.1) is 16.7 Å². The minimum atomic E-state index is -3.35. The van der Waals surface area contributed by atoms with Gasteiger partial charge in [-0.25, -0.2) is 8.42 Å². The number of hydrogen-bond donors (Lipinski definition) is 1. The van der Waals surface area contributed by atoms with Crippen molar-refractivity contribution in [1.82, 2.24) is 10.2 Å². The van der Waals surface area contributed by atoms with Gasteiger partial charge >= 0.3 is 0 Å². The molecule has 23 heavy (non-hydrogen) atoms. The summed E-state index contributed by atoms with van der Waals surface area (Å²) >= 11 is 6.01. The molecule has 2 heterocycles. The summed E-state index contributed by atoms with van der Waals surface area (Å²) < 4.78 is 24.6. The normalized spacial score (nSPS) is 23.0. The van der Waals surface area contributed by atoms with Crippen LogP contribution in [0.25, 0.3) is 0 Å². The van der Waals surface area contributed by atoms with Gasteiger partial charge in [-0.15, -0.1) is 12.4 Å². The standard InChI is InChI=1S/C15H19ClN2O3S.ClH/c1-18(15(19)10-4-6-17-7-5-10)13-9-22(20,21)14-3-2-11(16)8-12(13)14;/h2-3,8,10,13,17H,4-7,9H2,1H3;1H. The Balaban J connectivity index is 0.00000192. The van der Waals surface area contributed by atoms with E-state index in [1.165, 1.54) is 6.07 Å². The molecule has 1 saturated heterocycles. The number of hydrogen-bond acceptors (Lipinski definition) is 4. The first-order valence-corrected chi connectivity index (χ1v) is 9.43. The lowest BCUT2D eigenvalue weighted by Gasteiger charge is -2.30. The molecule has 0 spiro atoms. The van der Waals surface area contributed by atoms with Crippen LogP contribution in [0.2, 0.25) is 5.02 Å². The van der Waals surface area contributed by atoms with Crippen molar-refractivity contribution in [3.63, 3.8) is 0 Å². The van der Waals surface area contributed by atoms with Gasteiger partial charge < -0.3 is 10.2 Å². The van der Waals surface area contributed by atoms with E-state index < -0.39 is 15.9 Å². The van der Waals surface area contributed by atoms with Gasteiger partial charge in [0.2, 0.25) is 5.91 Å². The summed E-state index contributed by atoms with van der Waals surface area (Å²) in [5.74, 6) is -0.0673. The lowest BCUT2D eigenvalue weighted by atomic mass is 9.95. The summed E-state index contributed by atoms with van der Waals surface area (Å²) in [6.45, 7) is 1.66. The second-order valence-electron chi connectivity index (χ2n) is 5.95. The van der Waals surface area contributed by atoms with E-state index in [4.69, 9.17) is 11.6 Å². The molecule has 1 unspecified atom stereocenters. The molecule has 8 heteroatoms. The molecule has 1 fully saturated rings. The lowest BCUT2D eigenvalue weighted by molar-refractivity contribution is -0.136. The number of benzene rings is 1. The van der Waals surface area contributed by atoms with Gasteiger partial charge in [0, 0.05) is 18.0 Å². The van der Waals surface area contributed by atoms with E-state index in [0.717, 1.165) is 25.9 Å². The Morgan fingerprint density at radius 1 is 1.30 bits per heavy atom. The average Bonchev–Trinajstić information content (AvgIpc) is 2.77. The topological polar surface area (TPSA) is 66.5 Å². The van der Waals surface area contributed by atoms with Crippen LogP contribution in [0.1, 0.15) is 24.4 Å². The van der Waals surface area contributed by atoms with Gasteiger partial charge in [-0.2, -0.15) is 0 Å². The Hall–Kier alpha value is -0.820. The molecule has 5 nitrogen and oxygen atoms in total. The Kier molecular flexibility index (Phi) is 5.61. The van der Waals surface area contributed by atoms with Crippen molar-refractivity contribution in [2.24, 2.45) is 5.92 Å². The number of halogens is 2. The minimum Gasteiger partial charge on any atom is -0.337 e. The maximum Gasteiger partial charge on any atom is 0.226 e. The molecule has 1 N–H and O–H groups in total. The molecule has 0 radical (unpaired) electrons. The summed E-state index contributed by atoms with van der Waals surface area (Å²) in [6, 6.07) is 4.34. The molecule has 1 amide bonds. The van der Waals surface area contributed by atoms with Crippen molar-refractivity contribution >= 4 is 39.8 Å². The van der Waals surface area contributed by atoms with Crippen LogP contribution in [-0.2, 0) is 14.6 Å². The highest BCUT2D eigenvalue weighted by Crippen LogP contribution is 2.38. The van der Waals surface area contributed by atoms with Crippen LogP contribution >= 0.6 is 24.0 Å². The Labute approximate surface area is 147 Å². The summed E-state index contributed by atoms with van der Waals surface area (Å²) in [4.78, 5) is 14.6. The summed E-state index contributed by atoms with van der Waals surface area (Å²) in [7, 11) is -1.65. The average molecular weight is 379 g/mol. The first kappa shape index (κ1) is 18.5. The number of carbonyl (C=O) groups excluding carboxylic acids is 1. The fourth-order valence-corrected chi connectivity index (χ4v) is 5.29. The van der Waals surface area contributed by atoms with E-state index in [0.29, 0.717) is 15.5 Å². The molecular formula is C15H20Cl2N2O3S. The molecular weight excluding hydrogens is 359 g/mol. The molecule has 0 bridgehead atoms. The number of piperidine rings is 1. The molecule has 1 aromatic rings. The molecule has 1 aromatic carbocycles. The highest BCUT2D eigenvalue weighted by atomic mass is 35.5. The fourth-order valence-electron chi connectivity index (χ4n) is 3.28. The van der Waals surface area contributed by atoms with E-state index in [2.05, 4.69) is 5.32 Å². The van der Waals surface area contributed by atoms with Crippen LogP contribution in [0, 0.1) is 5.92 Å². The summed E-state index contributed by atoms with van der Waals surface area (Å²) in [6.07, 6.45) is 1.59. The zero-order chi connectivity index (χ0) is 15.9. The SMILES string of the molecule is CN(C(=O)C1CCNCC1)C1CS(=O)(=O)c2ccc(Cl)cc21.Cl. The Morgan fingerprint density at radius 2 is 1.96 bits per heavy atom. The number of sulfone groups is 1. The van der Waals surface area contributed by atoms with Crippen LogP contribution in [0.3, 0.4) is 0 Å². The molecule has 128 valence electrons. The van der Waals surface area contributed by atoms with Gasteiger partial charge in [0.1, 0.15) is 0 Å². The molecule has 2 aliphatic rings. The molecule has 0 aliphatic carbocycles. The third kappa shape index (κ3) is 3.50. The minimum absolute atomic E-state index is 0. The largest absolute Gasteiger partial charge is 0.337 e. The van der Waals surface area contributed by atoms with Crippen molar-refractivity contribution in [2.45, 2.75) is 23.8 Å². The van der Waals surface area contributed by atoms with E-state index in [9.17, 15) is 13.2 Å². The molecule has 0 aromatic heterocycles. The van der Waals surface area contributed by atoms with Crippen molar-refractivity contribution in [3.05, 3.63) is 28.8 Å². The zero-order valence-electron chi connectivity index (χ0n) is 12.8. The van der Waals surface area contributed by atoms with Crippen LogP contribution < -0.4 is 5.32 Å². The summed E-state index contributed by atoms with van der Waals surface area (Å²) in [5.41, 5.74) is 0.636. The maximum atomic E-state index is 12.7. The second-order valence-corrected chi connectivity index (χ2v) is 8.39. The van der Waals surface area contributed by atoms with Crippen molar-refractivity contribution in [3.8, 4) is 0 Å². The van der Waals surface area contributed by atoms with Crippen LogP contribution in [0.5, 0.6) is 0 Å². The highest BCUT2D eigenvalue weighted by molar-refractivity contribution is 7.91. The van der Waals surface area contributed by atoms with Gasteiger partial charge in [-0.05, 0) is 49.7 Å². The predicted octanol–water partition coefficient (Wildman–Crippen LogP) is 2.05. The monoisotopic (exact) mass is 378 g/mol. The zero-order valence-corrected chi connectivity index (χ0v) is 15.2. The van der Waals surface area contributed by atoms with E-state index in [1.54, 1.807) is 24.1 Å². The van der Waals surface area contributed by atoms with Gasteiger partial charge in [0.25, 0.3) is 0 Å². The van der Waals surface area contributed by atoms with Gasteiger partial charge in [0.15, 0.2) is 9.84 Å². The van der Waals surface area contributed by atoms with Crippen LogP contribution in [-0.4, -0.2) is 45.1 Å². The molecule has 0 saturated carbocycles. The molecule has 2 aliphatic heterocycles. The summed E-state index contributed by atoms with van der Waals surface area (Å²) in [5, 5.41) is 3.72. The third-order valence-corrected chi connectivity index (χ3v) is 6.58. The van der Waals surface area contributed by atoms with Crippen molar-refractivity contribution in [1.29, 1.82) is 0 Å².